The molecule has 0 N–H and O–H groups in total. The van der Waals surface area contributed by atoms with Crippen LogP contribution in [-0.4, -0.2) is 48.4 Å². The van der Waals surface area contributed by atoms with E-state index in [1.165, 1.54) is 12.1 Å². The van der Waals surface area contributed by atoms with Crippen molar-refractivity contribution >= 4 is 15.7 Å². The zero-order valence-corrected chi connectivity index (χ0v) is 13.5. The van der Waals surface area contributed by atoms with Gasteiger partial charge in [-0.25, -0.2) is 8.42 Å². The summed E-state index contributed by atoms with van der Waals surface area (Å²) in [6.45, 7) is 3.54. The zero-order valence-electron chi connectivity index (χ0n) is 12.6. The highest BCUT2D eigenvalue weighted by Gasteiger charge is 2.16. The molecule has 118 valence electrons. The molecule has 2 aromatic rings. The number of nitrogens with zero attached hydrogens (tertiary/aromatic N) is 3. The van der Waals surface area contributed by atoms with Crippen LogP contribution in [-0.2, 0) is 16.4 Å². The summed E-state index contributed by atoms with van der Waals surface area (Å²) in [4.78, 5) is 14.3. The minimum atomic E-state index is -3.32. The summed E-state index contributed by atoms with van der Waals surface area (Å²) in [5, 5.41) is 4.10. The van der Waals surface area contributed by atoms with Crippen molar-refractivity contribution in [2.75, 3.05) is 19.3 Å². The van der Waals surface area contributed by atoms with Crippen molar-refractivity contribution in [1.82, 2.24) is 14.7 Å². The summed E-state index contributed by atoms with van der Waals surface area (Å²) >= 11 is 0. The van der Waals surface area contributed by atoms with E-state index in [4.69, 9.17) is 0 Å². The zero-order chi connectivity index (χ0) is 16.2. The minimum Gasteiger partial charge on any atom is -0.337 e. The second-order valence-corrected chi connectivity index (χ2v) is 6.97. The van der Waals surface area contributed by atoms with Gasteiger partial charge in [0.2, 0.25) is 0 Å². The van der Waals surface area contributed by atoms with Crippen LogP contribution < -0.4 is 0 Å². The van der Waals surface area contributed by atoms with E-state index < -0.39 is 9.84 Å². The Labute approximate surface area is 130 Å². The summed E-state index contributed by atoms with van der Waals surface area (Å²) < 4.78 is 24.9. The number of hydrogen-bond acceptors (Lipinski definition) is 4. The van der Waals surface area contributed by atoms with Crippen molar-refractivity contribution in [3.05, 3.63) is 48.3 Å². The predicted octanol–water partition coefficient (Wildman–Crippen LogP) is 1.45. The maximum atomic E-state index is 12.5. The molecule has 7 heteroatoms. The van der Waals surface area contributed by atoms with Crippen molar-refractivity contribution < 1.29 is 13.2 Å². The van der Waals surface area contributed by atoms with Gasteiger partial charge < -0.3 is 4.90 Å². The van der Waals surface area contributed by atoms with Crippen molar-refractivity contribution in [2.45, 2.75) is 18.4 Å². The number of likely N-dealkylation sites (N-methyl/N-ethyl adjacent to an activating group) is 1. The van der Waals surface area contributed by atoms with Crippen molar-refractivity contribution in [3.8, 4) is 0 Å². The fourth-order valence-electron chi connectivity index (χ4n) is 2.10. The second kappa shape index (κ2) is 6.74. The molecule has 22 heavy (non-hydrogen) atoms. The van der Waals surface area contributed by atoms with E-state index >= 15 is 0 Å². The Bertz CT molecular complexity index is 739. The van der Waals surface area contributed by atoms with Gasteiger partial charge in [0.05, 0.1) is 11.4 Å². The van der Waals surface area contributed by atoms with Gasteiger partial charge in [-0.3, -0.25) is 9.48 Å². The number of carbonyl (C=O) groups is 1. The topological polar surface area (TPSA) is 72.3 Å². The van der Waals surface area contributed by atoms with E-state index in [1.54, 1.807) is 27.9 Å². The van der Waals surface area contributed by atoms with Crippen LogP contribution in [0.25, 0.3) is 0 Å². The summed E-state index contributed by atoms with van der Waals surface area (Å²) in [7, 11) is -3.32. The van der Waals surface area contributed by atoms with Crippen LogP contribution in [0, 0.1) is 0 Å². The Kier molecular flexibility index (Phi) is 4.97. The quantitative estimate of drug-likeness (QED) is 0.807. The molecule has 0 aliphatic carbocycles. The Hall–Kier alpha value is -2.15. The first-order valence-corrected chi connectivity index (χ1v) is 8.88. The average molecular weight is 321 g/mol. The van der Waals surface area contributed by atoms with Crippen LogP contribution in [0.5, 0.6) is 0 Å². The van der Waals surface area contributed by atoms with Crippen LogP contribution >= 0.6 is 0 Å². The van der Waals surface area contributed by atoms with E-state index in [-0.39, 0.29) is 10.8 Å². The molecule has 1 heterocycles. The summed E-state index contributed by atoms with van der Waals surface area (Å²) in [6, 6.07) is 7.96. The first kappa shape index (κ1) is 16.2. The van der Waals surface area contributed by atoms with Gasteiger partial charge in [0.1, 0.15) is 0 Å². The van der Waals surface area contributed by atoms with Gasteiger partial charge in [-0.2, -0.15) is 5.10 Å². The molecule has 2 rings (SSSR count). The second-order valence-electron chi connectivity index (χ2n) is 4.95. The number of benzene rings is 1. The van der Waals surface area contributed by atoms with Crippen molar-refractivity contribution in [3.63, 3.8) is 0 Å². The Morgan fingerprint density at radius 3 is 2.68 bits per heavy atom. The van der Waals surface area contributed by atoms with E-state index in [0.29, 0.717) is 25.2 Å². The highest BCUT2D eigenvalue weighted by Crippen LogP contribution is 2.13. The van der Waals surface area contributed by atoms with Gasteiger partial charge in [-0.1, -0.05) is 6.07 Å². The van der Waals surface area contributed by atoms with Crippen LogP contribution in [0.1, 0.15) is 17.3 Å². The Balaban J connectivity index is 2.14. The van der Waals surface area contributed by atoms with Gasteiger partial charge in [-0.05, 0) is 31.2 Å². The summed E-state index contributed by atoms with van der Waals surface area (Å²) in [6.07, 6.45) is 4.65. The number of aromatic nitrogens is 2. The third-order valence-electron chi connectivity index (χ3n) is 3.34. The third-order valence-corrected chi connectivity index (χ3v) is 4.45. The molecule has 0 aliphatic heterocycles. The monoisotopic (exact) mass is 321 g/mol. The first-order chi connectivity index (χ1) is 10.4. The molecule has 0 saturated heterocycles. The number of hydrogen-bond donors (Lipinski definition) is 0. The van der Waals surface area contributed by atoms with Crippen molar-refractivity contribution in [2.24, 2.45) is 0 Å². The van der Waals surface area contributed by atoms with Gasteiger partial charge in [0, 0.05) is 37.3 Å². The van der Waals surface area contributed by atoms with E-state index in [1.807, 2.05) is 19.2 Å². The number of rotatable bonds is 6. The van der Waals surface area contributed by atoms with E-state index in [0.717, 1.165) is 6.26 Å². The predicted molar refractivity (Wildman–Crippen MR) is 83.4 cm³/mol. The summed E-state index contributed by atoms with van der Waals surface area (Å²) in [5.41, 5.74) is 0.380. The molecule has 0 spiro atoms. The first-order valence-electron chi connectivity index (χ1n) is 6.98. The molecule has 0 fully saturated rings. The van der Waals surface area contributed by atoms with Crippen LogP contribution in [0.15, 0.2) is 47.6 Å². The molecule has 6 nitrogen and oxygen atoms in total. The molecule has 1 aromatic heterocycles. The third kappa shape index (κ3) is 3.94. The smallest absolute Gasteiger partial charge is 0.253 e. The van der Waals surface area contributed by atoms with E-state index in [9.17, 15) is 13.2 Å². The van der Waals surface area contributed by atoms with Gasteiger partial charge in [0.25, 0.3) is 5.91 Å². The SMILES string of the molecule is CCN(CCn1cccn1)C(=O)c1cccc(S(C)(=O)=O)c1. The fraction of sp³-hybridized carbons (Fsp3) is 0.333. The fourth-order valence-corrected chi connectivity index (χ4v) is 2.77. The van der Waals surface area contributed by atoms with Crippen LogP contribution in [0.3, 0.4) is 0 Å². The average Bonchev–Trinajstić information content (AvgIpc) is 3.00. The lowest BCUT2D eigenvalue weighted by Gasteiger charge is -2.21. The molecule has 0 radical (unpaired) electrons. The minimum absolute atomic E-state index is 0.154. The van der Waals surface area contributed by atoms with Gasteiger partial charge >= 0.3 is 0 Å². The molecule has 0 unspecified atom stereocenters. The lowest BCUT2D eigenvalue weighted by molar-refractivity contribution is 0.0757. The standard InChI is InChI=1S/C15H19N3O3S/c1-3-17(10-11-18-9-5-8-16-18)15(19)13-6-4-7-14(12-13)22(2,20)21/h4-9,12H,3,10-11H2,1-2H3. The largest absolute Gasteiger partial charge is 0.337 e. The number of amides is 1. The number of sulfone groups is 1. The summed E-state index contributed by atoms with van der Waals surface area (Å²) in [5.74, 6) is -0.180. The maximum Gasteiger partial charge on any atom is 0.253 e. The van der Waals surface area contributed by atoms with Crippen LogP contribution in [0.2, 0.25) is 0 Å². The lowest BCUT2D eigenvalue weighted by atomic mass is 10.2. The molecule has 0 atom stereocenters. The van der Waals surface area contributed by atoms with Gasteiger partial charge in [-0.15, -0.1) is 0 Å². The normalized spacial score (nSPS) is 11.4. The molecule has 0 aliphatic rings. The highest BCUT2D eigenvalue weighted by atomic mass is 32.2. The molecular formula is C15H19N3O3S. The Morgan fingerprint density at radius 2 is 2.09 bits per heavy atom. The highest BCUT2D eigenvalue weighted by molar-refractivity contribution is 7.90. The number of carbonyl (C=O) groups excluding carboxylic acids is 1. The van der Waals surface area contributed by atoms with Crippen molar-refractivity contribution in [1.29, 1.82) is 0 Å². The molecule has 1 amide bonds. The van der Waals surface area contributed by atoms with Gasteiger partial charge in [0.15, 0.2) is 9.84 Å². The molecule has 1 aromatic carbocycles. The molecule has 0 saturated carbocycles. The molecular weight excluding hydrogens is 302 g/mol. The lowest BCUT2D eigenvalue weighted by Crippen LogP contribution is -2.33. The van der Waals surface area contributed by atoms with Crippen LogP contribution in [0.4, 0.5) is 0 Å². The molecule has 0 bridgehead atoms. The Morgan fingerprint density at radius 1 is 1.32 bits per heavy atom. The maximum absolute atomic E-state index is 12.5. The van der Waals surface area contributed by atoms with E-state index in [2.05, 4.69) is 5.10 Å².